The van der Waals surface area contributed by atoms with E-state index in [9.17, 15) is 78.9 Å². The Balaban J connectivity index is 0.000000362. The van der Waals surface area contributed by atoms with Crippen LogP contribution in [0, 0.1) is 10.8 Å². The highest BCUT2D eigenvalue weighted by Crippen LogP contribution is 2.32. The Kier molecular flexibility index (Phi) is 35.1. The van der Waals surface area contributed by atoms with Crippen molar-refractivity contribution in [2.45, 2.75) is 181 Å². The van der Waals surface area contributed by atoms with Gasteiger partial charge in [-0.15, -0.1) is 0 Å². The molecule has 0 spiro atoms. The Hall–Kier alpha value is -7.37. The molecule has 2 aromatic rings. The third-order valence-corrected chi connectivity index (χ3v) is 15.7. The number of ether oxygens (including phenoxy) is 11. The summed E-state index contributed by atoms with van der Waals surface area (Å²) in [5, 5.41) is 75.9. The van der Waals surface area contributed by atoms with Crippen molar-refractivity contribution in [3.05, 3.63) is 83.0 Å². The van der Waals surface area contributed by atoms with E-state index in [0.29, 0.717) is 128 Å². The molecule has 0 aromatic heterocycles. The van der Waals surface area contributed by atoms with Gasteiger partial charge in [0, 0.05) is 87.7 Å². The van der Waals surface area contributed by atoms with Crippen LogP contribution in [-0.4, -0.2) is 253 Å². The largest absolute Gasteiger partial charge is 0.479 e. The fourth-order valence-electron chi connectivity index (χ4n) is 9.83. The van der Waals surface area contributed by atoms with Gasteiger partial charge in [-0.3, -0.25) is 48.2 Å². The number of aryl methyl sites for hydroxylation is 2. The molecular weight excluding hydrogens is 1320 g/mol. The average molecular weight is 1420 g/mol. The quantitative estimate of drug-likeness (QED) is 0.0255. The number of aliphatic hydroxyl groups excluding tert-OH is 6. The molecule has 2 aromatic carbocycles. The van der Waals surface area contributed by atoms with E-state index in [4.69, 9.17) is 52.1 Å². The van der Waals surface area contributed by atoms with Gasteiger partial charge < -0.3 is 98.5 Å². The molecule has 0 unspecified atom stereocenters. The number of imide groups is 2. The van der Waals surface area contributed by atoms with Gasteiger partial charge in [0.15, 0.2) is 6.10 Å². The standard InChI is InChI=1S/C37H56N2O13.C32H44N2O14/c1-25-32(43)33(44)34(45)35(51-25)52-28-12-11-26(23-27(28)24-50-36(46)37(2,3)4)9-8-17-47-19-21-49-22-20-48-18-15-38-29(40)10-6-5-7-16-39-30(41)13-14-31(39)42;1-32(2,3)31(43)46-18-20-17-19(6-7-21(20)47-30-27(40)25(38)26(39)28(48-30)29(41)42)5-4-13-44-15-16-45-14-11-33-22(35)10-12-34-23(36)8-9-24(34)37/h11-14,23,25,32-35,43-45H,5-10,15-22,24H2,1-4H3,(H,38,40);6-9,17,25-28,30,38-40H,4-5,10-16,18H2,1-3H3,(H,33,35)(H,41,42)/t25-,32-,33+,34-,35+;25-,26-,27+,28-,30+/m10/s1. The van der Waals surface area contributed by atoms with Gasteiger partial charge in [-0.25, -0.2) is 4.79 Å². The fraction of sp³-hybridized carbons (Fsp3) is 0.638. The van der Waals surface area contributed by atoms with Crippen LogP contribution in [-0.2, 0) is 112 Å². The third-order valence-electron chi connectivity index (χ3n) is 15.7. The first kappa shape index (κ1) is 83.3. The lowest BCUT2D eigenvalue weighted by Gasteiger charge is -2.39. The smallest absolute Gasteiger partial charge is 0.335 e. The maximum absolute atomic E-state index is 12.5. The first-order chi connectivity index (χ1) is 47.5. The zero-order chi connectivity index (χ0) is 73.5. The Morgan fingerprint density at radius 1 is 0.470 bits per heavy atom. The molecule has 2 fully saturated rings. The summed E-state index contributed by atoms with van der Waals surface area (Å²) < 4.78 is 61.2. The molecule has 2 saturated heterocycles. The molecule has 4 aliphatic heterocycles. The minimum Gasteiger partial charge on any atom is -0.479 e. The van der Waals surface area contributed by atoms with E-state index in [-0.39, 0.29) is 74.7 Å². The van der Waals surface area contributed by atoms with Crippen LogP contribution in [0.5, 0.6) is 11.5 Å². The highest BCUT2D eigenvalue weighted by Gasteiger charge is 2.48. The van der Waals surface area contributed by atoms with Crippen molar-refractivity contribution in [1.82, 2.24) is 20.4 Å². The van der Waals surface area contributed by atoms with E-state index in [2.05, 4.69) is 10.6 Å². The number of carboxylic acids is 1. The van der Waals surface area contributed by atoms with Gasteiger partial charge in [0.25, 0.3) is 23.6 Å². The average Bonchev–Trinajstić information content (AvgIpc) is 1.12. The minimum atomic E-state index is -1.87. The number of aliphatic carboxylic acids is 1. The molecule has 31 nitrogen and oxygen atoms in total. The summed E-state index contributed by atoms with van der Waals surface area (Å²) in [5.74, 6) is -3.76. The molecule has 4 aliphatic rings. The van der Waals surface area contributed by atoms with Crippen LogP contribution in [0.4, 0.5) is 0 Å². The number of hydrogen-bond acceptors (Lipinski definition) is 26. The summed E-state index contributed by atoms with van der Waals surface area (Å²) in [7, 11) is 0. The topological polar surface area (TPSA) is 427 Å². The molecule has 6 amide bonds. The van der Waals surface area contributed by atoms with Gasteiger partial charge in [-0.1, -0.05) is 18.6 Å². The second kappa shape index (κ2) is 42.1. The number of rotatable bonds is 41. The number of carbonyl (C=O) groups excluding carboxylic acids is 8. The Morgan fingerprint density at radius 3 is 1.31 bits per heavy atom. The molecule has 0 saturated carbocycles. The Bertz CT molecular complexity index is 3020. The number of carbonyl (C=O) groups is 9. The van der Waals surface area contributed by atoms with Crippen molar-refractivity contribution < 1.29 is 131 Å². The number of nitrogens with zero attached hydrogens (tertiary/aromatic N) is 2. The number of aliphatic hydroxyl groups is 6. The molecule has 558 valence electrons. The highest BCUT2D eigenvalue weighted by molar-refractivity contribution is 6.13. The Morgan fingerprint density at radius 2 is 0.870 bits per heavy atom. The second-order valence-corrected chi connectivity index (χ2v) is 26.0. The first-order valence-corrected chi connectivity index (χ1v) is 33.5. The third kappa shape index (κ3) is 28.2. The Labute approximate surface area is 581 Å². The highest BCUT2D eigenvalue weighted by atomic mass is 16.7. The maximum atomic E-state index is 12.5. The normalized spacial score (nSPS) is 22.2. The number of nitrogens with one attached hydrogen (secondary N) is 2. The molecule has 0 aliphatic carbocycles. The lowest BCUT2D eigenvalue weighted by molar-refractivity contribution is -0.271. The molecule has 6 rings (SSSR count). The van der Waals surface area contributed by atoms with Gasteiger partial charge in [-0.05, 0) is 122 Å². The number of esters is 2. The predicted octanol–water partition coefficient (Wildman–Crippen LogP) is 1.01. The van der Waals surface area contributed by atoms with Crippen LogP contribution in [0.3, 0.4) is 0 Å². The molecule has 0 radical (unpaired) electrons. The zero-order valence-corrected chi connectivity index (χ0v) is 57.9. The summed E-state index contributed by atoms with van der Waals surface area (Å²) in [6.45, 7) is 16.5. The lowest BCUT2D eigenvalue weighted by Crippen LogP contribution is -2.61. The van der Waals surface area contributed by atoms with Crippen molar-refractivity contribution in [2.24, 2.45) is 10.8 Å². The number of benzene rings is 2. The molecule has 9 N–H and O–H groups in total. The molecular formula is C69H100N4O27. The van der Waals surface area contributed by atoms with Gasteiger partial charge >= 0.3 is 17.9 Å². The molecule has 31 heteroatoms. The van der Waals surface area contributed by atoms with E-state index in [1.807, 2.05) is 12.1 Å². The molecule has 4 heterocycles. The molecule has 10 atom stereocenters. The van der Waals surface area contributed by atoms with E-state index >= 15 is 0 Å². The lowest BCUT2D eigenvalue weighted by atomic mass is 9.97. The van der Waals surface area contributed by atoms with Crippen molar-refractivity contribution >= 4 is 53.4 Å². The summed E-state index contributed by atoms with van der Waals surface area (Å²) in [4.78, 5) is 108. The van der Waals surface area contributed by atoms with Gasteiger partial charge in [0.05, 0.1) is 69.8 Å². The van der Waals surface area contributed by atoms with Crippen molar-refractivity contribution in [3.8, 4) is 11.5 Å². The van der Waals surface area contributed by atoms with Crippen LogP contribution < -0.4 is 20.1 Å². The second-order valence-electron chi connectivity index (χ2n) is 26.0. The number of amides is 6. The predicted molar refractivity (Wildman–Crippen MR) is 351 cm³/mol. The molecule has 100 heavy (non-hydrogen) atoms. The maximum Gasteiger partial charge on any atom is 0.335 e. The summed E-state index contributed by atoms with van der Waals surface area (Å²) in [5.41, 5.74) is 1.30. The van der Waals surface area contributed by atoms with Gasteiger partial charge in [-0.2, -0.15) is 0 Å². The summed E-state index contributed by atoms with van der Waals surface area (Å²) >= 11 is 0. The van der Waals surface area contributed by atoms with Gasteiger partial charge in [0.1, 0.15) is 61.3 Å². The monoisotopic (exact) mass is 1420 g/mol. The first-order valence-electron chi connectivity index (χ1n) is 33.5. The zero-order valence-electron chi connectivity index (χ0n) is 57.9. The fourth-order valence-corrected chi connectivity index (χ4v) is 9.83. The van der Waals surface area contributed by atoms with Crippen LogP contribution in [0.2, 0.25) is 0 Å². The van der Waals surface area contributed by atoms with Crippen LogP contribution in [0.15, 0.2) is 60.7 Å². The van der Waals surface area contributed by atoms with Crippen molar-refractivity contribution in [1.29, 1.82) is 0 Å². The van der Waals surface area contributed by atoms with Crippen LogP contribution >= 0.6 is 0 Å². The SMILES string of the molecule is CC(C)(C)C(=O)OCc1cc(CCCOCCOCCNC(=O)CCN2C(=O)C=CC2=O)ccc1O[C@@H]1O[C@H](C(=O)O)[C@@H](O)[C@H](O)[C@H]1O.C[C@H]1O[C@@H](Oc2ccc(CCCOCCOCCOCCNC(=O)CCCCCN3C(=O)C=CC3=O)cc2COC(=O)C(C)(C)C)[C@H](O)[C@@H](O)[C@@H]1O. The van der Waals surface area contributed by atoms with Crippen LogP contribution in [0.1, 0.15) is 116 Å². The number of carboxylic acid groups (broad SMARTS) is 1. The minimum absolute atomic E-state index is 0.00198. The van der Waals surface area contributed by atoms with Gasteiger partial charge in [0.2, 0.25) is 24.4 Å². The van der Waals surface area contributed by atoms with E-state index in [1.165, 1.54) is 29.2 Å². The molecule has 0 bridgehead atoms. The van der Waals surface area contributed by atoms with Crippen molar-refractivity contribution in [3.63, 3.8) is 0 Å². The van der Waals surface area contributed by atoms with E-state index in [1.54, 1.807) is 72.7 Å². The van der Waals surface area contributed by atoms with E-state index in [0.717, 1.165) is 28.9 Å². The van der Waals surface area contributed by atoms with E-state index < -0.39 is 96.0 Å². The number of unbranched alkanes of at least 4 members (excludes halogenated alkanes) is 2. The van der Waals surface area contributed by atoms with Crippen LogP contribution in [0.25, 0.3) is 0 Å². The number of hydrogen-bond donors (Lipinski definition) is 9. The van der Waals surface area contributed by atoms with Crippen molar-refractivity contribution in [2.75, 3.05) is 92.2 Å². The summed E-state index contributed by atoms with van der Waals surface area (Å²) in [6, 6.07) is 10.4. The summed E-state index contributed by atoms with van der Waals surface area (Å²) in [6.07, 6.45) is -5.17.